The van der Waals surface area contributed by atoms with E-state index in [0.29, 0.717) is 12.1 Å². The Morgan fingerprint density at radius 2 is 1.65 bits per heavy atom. The number of aromatic nitrogens is 4. The fourth-order valence-electron chi connectivity index (χ4n) is 2.64. The lowest BCUT2D eigenvalue weighted by Crippen LogP contribution is -2.33. The van der Waals surface area contributed by atoms with E-state index in [9.17, 15) is 35.9 Å². The number of hydrogen-bond donors (Lipinski definition) is 1. The molecule has 0 atom stereocenters. The van der Waals surface area contributed by atoms with Gasteiger partial charge in [-0.05, 0) is 12.1 Å². The molecule has 0 aliphatic carbocycles. The number of aliphatic hydroxyl groups excluding tert-OH is 1. The Bertz CT molecular complexity index is 1030. The van der Waals surface area contributed by atoms with E-state index in [1.807, 2.05) is 0 Å². The average Bonchev–Trinajstić information content (AvgIpc) is 3.22. The van der Waals surface area contributed by atoms with Crippen LogP contribution >= 0.6 is 0 Å². The number of likely N-dealkylation sites (N-methyl/N-ethyl adjacent to an activating group) is 1. The van der Waals surface area contributed by atoms with Gasteiger partial charge in [0.15, 0.2) is 5.82 Å². The number of hydrogen-bond acceptors (Lipinski definition) is 6. The molecule has 0 saturated carbocycles. The van der Waals surface area contributed by atoms with Gasteiger partial charge in [0.2, 0.25) is 0 Å². The van der Waals surface area contributed by atoms with E-state index in [1.54, 1.807) is 0 Å². The highest BCUT2D eigenvalue weighted by Gasteiger charge is 2.40. The number of urea groups is 1. The SMILES string of the molecule is CN1C(=O)N(CCO)C(=O)C1=Cn1cnc(-c2cc(C(F)(F)F)nc(C(F)(F)F)c2)n1. The van der Waals surface area contributed by atoms with Crippen LogP contribution in [-0.2, 0) is 17.1 Å². The van der Waals surface area contributed by atoms with Crippen molar-refractivity contribution >= 4 is 18.1 Å². The standard InChI is InChI=1S/C16H12F6N6O3/c1-26-9(13(30)28(2-3-29)14(26)31)6-27-7-23-12(25-27)8-4-10(15(17,18)19)24-11(5-8)16(20,21)22/h4-7,29H,2-3H2,1H3. The number of carbonyl (C=O) groups excluding carboxylic acids is 2. The highest BCUT2D eigenvalue weighted by atomic mass is 19.4. The molecule has 3 heterocycles. The fourth-order valence-corrected chi connectivity index (χ4v) is 2.64. The maximum atomic E-state index is 13.0. The van der Waals surface area contributed by atoms with Crippen molar-refractivity contribution in [2.75, 3.05) is 20.2 Å². The van der Waals surface area contributed by atoms with Crippen molar-refractivity contribution in [2.45, 2.75) is 12.4 Å². The lowest BCUT2D eigenvalue weighted by Gasteiger charge is -2.11. The number of imide groups is 1. The number of carbonyl (C=O) groups is 2. The largest absolute Gasteiger partial charge is 0.433 e. The van der Waals surface area contributed by atoms with Gasteiger partial charge >= 0.3 is 18.4 Å². The van der Waals surface area contributed by atoms with Crippen LogP contribution in [0.25, 0.3) is 17.6 Å². The van der Waals surface area contributed by atoms with E-state index in [-0.39, 0.29) is 12.2 Å². The van der Waals surface area contributed by atoms with Crippen LogP contribution in [0.5, 0.6) is 0 Å². The van der Waals surface area contributed by atoms with Gasteiger partial charge in [-0.25, -0.2) is 19.4 Å². The summed E-state index contributed by atoms with van der Waals surface area (Å²) >= 11 is 0. The van der Waals surface area contributed by atoms with Crippen LogP contribution in [0.1, 0.15) is 11.4 Å². The smallest absolute Gasteiger partial charge is 0.395 e. The minimum Gasteiger partial charge on any atom is -0.395 e. The van der Waals surface area contributed by atoms with Crippen LogP contribution in [0.3, 0.4) is 0 Å². The Morgan fingerprint density at radius 1 is 1.06 bits per heavy atom. The molecule has 0 spiro atoms. The molecule has 1 N–H and O–H groups in total. The van der Waals surface area contributed by atoms with Crippen LogP contribution in [0.4, 0.5) is 31.1 Å². The molecule has 166 valence electrons. The van der Waals surface area contributed by atoms with Crippen LogP contribution in [-0.4, -0.2) is 66.8 Å². The molecule has 1 aliphatic rings. The van der Waals surface area contributed by atoms with Gasteiger partial charge in [0.25, 0.3) is 5.91 Å². The molecule has 9 nitrogen and oxygen atoms in total. The second-order valence-corrected chi connectivity index (χ2v) is 6.21. The Morgan fingerprint density at radius 3 is 2.16 bits per heavy atom. The second kappa shape index (κ2) is 7.64. The van der Waals surface area contributed by atoms with Crippen molar-refractivity contribution < 1.29 is 41.0 Å². The number of halogens is 6. The first-order chi connectivity index (χ1) is 14.3. The number of alkyl halides is 6. The number of amides is 3. The summed E-state index contributed by atoms with van der Waals surface area (Å²) in [6.45, 7) is -0.739. The fraction of sp³-hybridized carbons (Fsp3) is 0.312. The van der Waals surface area contributed by atoms with Crippen LogP contribution < -0.4 is 0 Å². The summed E-state index contributed by atoms with van der Waals surface area (Å²) in [5.74, 6) is -1.27. The molecule has 2 aromatic rings. The first-order valence-electron chi connectivity index (χ1n) is 8.33. The van der Waals surface area contributed by atoms with E-state index in [4.69, 9.17) is 5.11 Å². The topological polar surface area (TPSA) is 104 Å². The molecule has 3 amide bonds. The van der Waals surface area contributed by atoms with Crippen molar-refractivity contribution in [3.63, 3.8) is 0 Å². The molecule has 0 unspecified atom stereocenters. The van der Waals surface area contributed by atoms with Gasteiger partial charge in [-0.1, -0.05) is 0 Å². The summed E-state index contributed by atoms with van der Waals surface area (Å²) in [6.07, 6.45) is -8.33. The summed E-state index contributed by atoms with van der Waals surface area (Å²) in [7, 11) is 1.26. The summed E-state index contributed by atoms with van der Waals surface area (Å²) in [5, 5.41) is 12.7. The number of nitrogens with zero attached hydrogens (tertiary/aromatic N) is 6. The molecule has 0 aromatic carbocycles. The van der Waals surface area contributed by atoms with E-state index in [2.05, 4.69) is 15.1 Å². The number of rotatable bonds is 4. The minimum atomic E-state index is -5.14. The molecular formula is C16H12F6N6O3. The highest BCUT2D eigenvalue weighted by Crippen LogP contribution is 2.35. The molecule has 0 radical (unpaired) electrons. The van der Waals surface area contributed by atoms with Crippen molar-refractivity contribution in [1.29, 1.82) is 0 Å². The van der Waals surface area contributed by atoms with Crippen molar-refractivity contribution in [3.05, 3.63) is 35.5 Å². The summed E-state index contributed by atoms with van der Waals surface area (Å²) in [5.41, 5.74) is -4.35. The van der Waals surface area contributed by atoms with Crippen molar-refractivity contribution in [1.82, 2.24) is 29.5 Å². The van der Waals surface area contributed by atoms with Crippen LogP contribution in [0.2, 0.25) is 0 Å². The second-order valence-electron chi connectivity index (χ2n) is 6.21. The monoisotopic (exact) mass is 450 g/mol. The first kappa shape index (κ1) is 22.2. The zero-order valence-electron chi connectivity index (χ0n) is 15.4. The highest BCUT2D eigenvalue weighted by molar-refractivity contribution is 6.13. The average molecular weight is 450 g/mol. The lowest BCUT2D eigenvalue weighted by molar-refractivity contribution is -0.150. The lowest BCUT2D eigenvalue weighted by atomic mass is 10.1. The Labute approximate surface area is 169 Å². The van der Waals surface area contributed by atoms with Gasteiger partial charge in [0.1, 0.15) is 23.4 Å². The number of pyridine rings is 1. The maximum absolute atomic E-state index is 13.0. The first-order valence-corrected chi connectivity index (χ1v) is 8.33. The molecular weight excluding hydrogens is 438 g/mol. The van der Waals surface area contributed by atoms with Gasteiger partial charge in [-0.3, -0.25) is 14.6 Å². The maximum Gasteiger partial charge on any atom is 0.433 e. The molecule has 1 fully saturated rings. The van der Waals surface area contributed by atoms with E-state index in [1.165, 1.54) is 7.05 Å². The Balaban J connectivity index is 2.00. The normalized spacial score (nSPS) is 16.7. The van der Waals surface area contributed by atoms with Gasteiger partial charge in [-0.15, -0.1) is 5.10 Å². The number of β-amino-alcohol motifs (C(OH)–C–C–N with tert-alkyl or cyclic N) is 1. The Hall–Kier alpha value is -3.49. The number of aliphatic hydroxyl groups is 1. The summed E-state index contributed by atoms with van der Waals surface area (Å²) in [4.78, 5) is 32.3. The van der Waals surface area contributed by atoms with Gasteiger partial charge in [-0.2, -0.15) is 26.3 Å². The molecule has 3 rings (SSSR count). The van der Waals surface area contributed by atoms with Crippen LogP contribution in [0, 0.1) is 0 Å². The third-order valence-electron chi connectivity index (χ3n) is 4.09. The van der Waals surface area contributed by atoms with Gasteiger partial charge in [0, 0.05) is 12.6 Å². The molecule has 1 saturated heterocycles. The summed E-state index contributed by atoms with van der Waals surface area (Å²) < 4.78 is 78.7. The quantitative estimate of drug-likeness (QED) is 0.435. The molecule has 31 heavy (non-hydrogen) atoms. The van der Waals surface area contributed by atoms with Crippen molar-refractivity contribution in [3.8, 4) is 11.4 Å². The van der Waals surface area contributed by atoms with Crippen LogP contribution in [0.15, 0.2) is 24.2 Å². The molecule has 0 bridgehead atoms. The van der Waals surface area contributed by atoms with E-state index >= 15 is 0 Å². The third kappa shape index (κ3) is 4.35. The molecule has 15 heteroatoms. The minimum absolute atomic E-state index is 0.198. The zero-order valence-corrected chi connectivity index (χ0v) is 15.4. The van der Waals surface area contributed by atoms with E-state index in [0.717, 1.165) is 27.0 Å². The third-order valence-corrected chi connectivity index (χ3v) is 4.09. The van der Waals surface area contributed by atoms with Crippen molar-refractivity contribution in [2.24, 2.45) is 0 Å². The zero-order chi connectivity index (χ0) is 23.1. The summed E-state index contributed by atoms with van der Waals surface area (Å²) in [6, 6.07) is -0.00700. The predicted octanol–water partition coefficient (Wildman–Crippen LogP) is 2.06. The Kier molecular flexibility index (Phi) is 5.47. The molecule has 2 aromatic heterocycles. The van der Waals surface area contributed by atoms with E-state index < -0.39 is 53.7 Å². The van der Waals surface area contributed by atoms with Gasteiger partial charge < -0.3 is 5.11 Å². The predicted molar refractivity (Wildman–Crippen MR) is 89.5 cm³/mol. The van der Waals surface area contributed by atoms with Gasteiger partial charge in [0.05, 0.1) is 19.4 Å². The molecule has 1 aliphatic heterocycles.